The highest BCUT2D eigenvalue weighted by Gasteiger charge is 2.21. The molecule has 4 aromatic heterocycles. The lowest BCUT2D eigenvalue weighted by Crippen LogP contribution is -2.26. The molecule has 0 saturated carbocycles. The number of nitrogens with one attached hydrogen (secondary N) is 1. The van der Waals surface area contributed by atoms with Gasteiger partial charge < -0.3 is 19.4 Å². The largest absolute Gasteiger partial charge is 0.473 e. The summed E-state index contributed by atoms with van der Waals surface area (Å²) in [7, 11) is 1.89. The molecule has 172 valence electrons. The van der Waals surface area contributed by atoms with Crippen molar-refractivity contribution in [3.05, 3.63) is 52.4 Å². The smallest absolute Gasteiger partial charge is 0.261 e. The standard InChI is InChI=1S/C23H26N6O3S/c1-3-24-22(30)19-10-15(14-33-19)11-20-26-18-4-7-29(16-12-25-28(2)13-16)21(18)23(27-20)32-17-5-8-31-9-6-17/h4,7,10,12-14,17H,3,5-6,8-9,11H2,1-2H3,(H,24,30). The molecule has 5 heterocycles. The SMILES string of the molecule is CCNC(=O)c1cc(Cc2nc(OC3CCOCC3)c3c(ccn3-c3cnn(C)c3)n2)cs1. The minimum Gasteiger partial charge on any atom is -0.473 e. The van der Waals surface area contributed by atoms with Crippen LogP contribution >= 0.6 is 11.3 Å². The maximum Gasteiger partial charge on any atom is 0.261 e. The fourth-order valence-corrected chi connectivity index (χ4v) is 4.77. The molecule has 4 aromatic rings. The Labute approximate surface area is 195 Å². The van der Waals surface area contributed by atoms with Gasteiger partial charge in [0.1, 0.15) is 17.4 Å². The van der Waals surface area contributed by atoms with Crippen LogP contribution in [0.1, 0.15) is 40.8 Å². The van der Waals surface area contributed by atoms with E-state index in [1.54, 1.807) is 10.9 Å². The third-order valence-electron chi connectivity index (χ3n) is 5.54. The summed E-state index contributed by atoms with van der Waals surface area (Å²) < 4.78 is 15.7. The number of ether oxygens (including phenoxy) is 2. The molecule has 33 heavy (non-hydrogen) atoms. The molecule has 0 radical (unpaired) electrons. The average molecular weight is 467 g/mol. The second-order valence-electron chi connectivity index (χ2n) is 8.02. The summed E-state index contributed by atoms with van der Waals surface area (Å²) in [6, 6.07) is 3.88. The van der Waals surface area contributed by atoms with Crippen molar-refractivity contribution in [2.75, 3.05) is 19.8 Å². The molecule has 0 aromatic carbocycles. The van der Waals surface area contributed by atoms with Crippen molar-refractivity contribution >= 4 is 28.3 Å². The highest BCUT2D eigenvalue weighted by atomic mass is 32.1. The number of nitrogens with zero attached hydrogens (tertiary/aromatic N) is 5. The molecule has 1 saturated heterocycles. The zero-order valence-electron chi connectivity index (χ0n) is 18.7. The van der Waals surface area contributed by atoms with Crippen LogP contribution in [0.25, 0.3) is 16.7 Å². The number of hydrogen-bond acceptors (Lipinski definition) is 7. The lowest BCUT2D eigenvalue weighted by Gasteiger charge is -2.23. The number of hydrogen-bond donors (Lipinski definition) is 1. The van der Waals surface area contributed by atoms with Gasteiger partial charge in [0.25, 0.3) is 5.91 Å². The number of aromatic nitrogens is 5. The quantitative estimate of drug-likeness (QED) is 0.450. The van der Waals surface area contributed by atoms with Gasteiger partial charge >= 0.3 is 0 Å². The molecule has 1 fully saturated rings. The van der Waals surface area contributed by atoms with Crippen molar-refractivity contribution in [1.29, 1.82) is 0 Å². The maximum atomic E-state index is 12.1. The molecular weight excluding hydrogens is 440 g/mol. The topological polar surface area (TPSA) is 96.1 Å². The van der Waals surface area contributed by atoms with Gasteiger partial charge in [-0.15, -0.1) is 11.3 Å². The first-order chi connectivity index (χ1) is 16.1. The molecule has 5 rings (SSSR count). The van der Waals surface area contributed by atoms with Crippen molar-refractivity contribution in [3.63, 3.8) is 0 Å². The van der Waals surface area contributed by atoms with E-state index in [1.807, 2.05) is 48.4 Å². The molecular formula is C23H26N6O3S. The molecule has 10 heteroatoms. The number of carbonyl (C=O) groups is 1. The van der Waals surface area contributed by atoms with E-state index in [1.165, 1.54) is 11.3 Å². The maximum absolute atomic E-state index is 12.1. The van der Waals surface area contributed by atoms with Crippen LogP contribution in [-0.4, -0.2) is 56.1 Å². The van der Waals surface area contributed by atoms with Gasteiger partial charge in [0, 0.05) is 45.2 Å². The molecule has 0 aliphatic carbocycles. The van der Waals surface area contributed by atoms with Crippen molar-refractivity contribution in [2.45, 2.75) is 32.3 Å². The van der Waals surface area contributed by atoms with Crippen LogP contribution < -0.4 is 10.1 Å². The van der Waals surface area contributed by atoms with Crippen LogP contribution in [0, 0.1) is 0 Å². The van der Waals surface area contributed by atoms with Gasteiger partial charge in [-0.2, -0.15) is 10.1 Å². The number of amides is 1. The molecule has 0 atom stereocenters. The van der Waals surface area contributed by atoms with Crippen molar-refractivity contribution in [1.82, 2.24) is 29.6 Å². The third kappa shape index (κ3) is 4.62. The molecule has 9 nitrogen and oxygen atoms in total. The molecule has 1 aliphatic rings. The number of thiophene rings is 1. The van der Waals surface area contributed by atoms with E-state index in [9.17, 15) is 4.79 Å². The van der Waals surface area contributed by atoms with E-state index in [0.717, 1.165) is 35.1 Å². The second-order valence-corrected chi connectivity index (χ2v) is 8.93. The molecule has 0 spiro atoms. The summed E-state index contributed by atoms with van der Waals surface area (Å²) in [4.78, 5) is 22.5. The van der Waals surface area contributed by atoms with E-state index >= 15 is 0 Å². The minimum absolute atomic E-state index is 0.0486. The van der Waals surface area contributed by atoms with Crippen molar-refractivity contribution in [2.24, 2.45) is 7.05 Å². The van der Waals surface area contributed by atoms with Gasteiger partial charge in [0.2, 0.25) is 5.88 Å². The highest BCUT2D eigenvalue weighted by Crippen LogP contribution is 2.30. The van der Waals surface area contributed by atoms with E-state index in [0.29, 0.717) is 42.8 Å². The van der Waals surface area contributed by atoms with Gasteiger partial charge in [-0.1, -0.05) is 0 Å². The highest BCUT2D eigenvalue weighted by molar-refractivity contribution is 7.12. The Morgan fingerprint density at radius 3 is 2.94 bits per heavy atom. The summed E-state index contributed by atoms with van der Waals surface area (Å²) in [5.41, 5.74) is 3.56. The van der Waals surface area contributed by atoms with Gasteiger partial charge in [-0.25, -0.2) is 4.98 Å². The van der Waals surface area contributed by atoms with Gasteiger partial charge in [-0.3, -0.25) is 9.48 Å². The Bertz CT molecular complexity index is 1270. The van der Waals surface area contributed by atoms with Crippen LogP contribution in [0.2, 0.25) is 0 Å². The Hall–Kier alpha value is -3.24. The normalized spacial score (nSPS) is 14.6. The molecule has 0 unspecified atom stereocenters. The minimum atomic E-state index is -0.0535. The lowest BCUT2D eigenvalue weighted by molar-refractivity contribution is 0.0242. The Morgan fingerprint density at radius 1 is 1.33 bits per heavy atom. The number of carbonyl (C=O) groups excluding carboxylic acids is 1. The predicted molar refractivity (Wildman–Crippen MR) is 125 cm³/mol. The van der Waals surface area contributed by atoms with Crippen molar-refractivity contribution < 1.29 is 14.3 Å². The lowest BCUT2D eigenvalue weighted by atomic mass is 10.1. The van der Waals surface area contributed by atoms with E-state index in [2.05, 4.69) is 10.4 Å². The van der Waals surface area contributed by atoms with Crippen LogP contribution in [0.5, 0.6) is 5.88 Å². The molecule has 1 amide bonds. The molecule has 0 bridgehead atoms. The third-order valence-corrected chi connectivity index (χ3v) is 6.52. The Morgan fingerprint density at radius 2 is 2.18 bits per heavy atom. The number of aryl methyl sites for hydroxylation is 1. The Kier molecular flexibility index (Phi) is 6.10. The van der Waals surface area contributed by atoms with Gasteiger partial charge in [0.05, 0.1) is 35.5 Å². The fraction of sp³-hybridized carbons (Fsp3) is 0.391. The first-order valence-corrected chi connectivity index (χ1v) is 12.0. The number of fused-ring (bicyclic) bond motifs is 1. The monoisotopic (exact) mass is 466 g/mol. The van der Waals surface area contributed by atoms with Gasteiger partial charge in [0.15, 0.2) is 0 Å². The van der Waals surface area contributed by atoms with Crippen LogP contribution in [0.3, 0.4) is 0 Å². The summed E-state index contributed by atoms with van der Waals surface area (Å²) in [5, 5.41) is 9.12. The van der Waals surface area contributed by atoms with Crippen molar-refractivity contribution in [3.8, 4) is 11.6 Å². The van der Waals surface area contributed by atoms with Crippen LogP contribution in [-0.2, 0) is 18.2 Å². The second kappa shape index (κ2) is 9.32. The molecule has 1 aliphatic heterocycles. The van der Waals surface area contributed by atoms with E-state index < -0.39 is 0 Å². The van der Waals surface area contributed by atoms with E-state index in [-0.39, 0.29) is 12.0 Å². The zero-order valence-corrected chi connectivity index (χ0v) is 19.5. The molecule has 1 N–H and O–H groups in total. The predicted octanol–water partition coefficient (Wildman–Crippen LogP) is 3.11. The first kappa shape index (κ1) is 21.6. The van der Waals surface area contributed by atoms with Crippen LogP contribution in [0.4, 0.5) is 0 Å². The summed E-state index contributed by atoms with van der Waals surface area (Å²) in [6.45, 7) is 3.89. The van der Waals surface area contributed by atoms with E-state index in [4.69, 9.17) is 19.4 Å². The summed E-state index contributed by atoms with van der Waals surface area (Å²) in [5.74, 6) is 1.17. The summed E-state index contributed by atoms with van der Waals surface area (Å²) >= 11 is 1.43. The van der Waals surface area contributed by atoms with Gasteiger partial charge in [-0.05, 0) is 30.0 Å². The Balaban J connectivity index is 1.50. The summed E-state index contributed by atoms with van der Waals surface area (Å²) in [6.07, 6.45) is 7.94. The fourth-order valence-electron chi connectivity index (χ4n) is 3.94. The first-order valence-electron chi connectivity index (χ1n) is 11.1. The zero-order chi connectivity index (χ0) is 22.8. The number of rotatable bonds is 7. The average Bonchev–Trinajstić information content (AvgIpc) is 3.54. The van der Waals surface area contributed by atoms with Crippen LogP contribution in [0.15, 0.2) is 36.1 Å².